The van der Waals surface area contributed by atoms with Gasteiger partial charge in [0.2, 0.25) is 11.8 Å². The Labute approximate surface area is 258 Å². The molecule has 232 valence electrons. The van der Waals surface area contributed by atoms with Crippen LogP contribution in [0, 0.1) is 12.8 Å². The van der Waals surface area contributed by atoms with Crippen molar-refractivity contribution in [1.29, 1.82) is 0 Å². The minimum atomic E-state index is -3.69. The summed E-state index contributed by atoms with van der Waals surface area (Å²) in [5.74, 6) is 0.260. The van der Waals surface area contributed by atoms with Gasteiger partial charge in [0.15, 0.2) is 15.5 Å². The summed E-state index contributed by atoms with van der Waals surface area (Å²) in [6, 6.07) is 4.83. The Bertz CT molecular complexity index is 2010. The van der Waals surface area contributed by atoms with Gasteiger partial charge in [0.1, 0.15) is 23.1 Å². The van der Waals surface area contributed by atoms with E-state index in [4.69, 9.17) is 4.98 Å². The molecule has 4 amide bonds. The SMILES string of the molecule is Cc1ccnc(C2CC2C(=O)Nc2cc(NCc3cn4cc(C5CC5)cc(N5CC(=O)N(C)C5=O)c4n3)ncc2S(C)(=O)=O)n1. The van der Waals surface area contributed by atoms with E-state index in [0.717, 1.165) is 35.3 Å². The molecule has 14 nitrogen and oxygen atoms in total. The zero-order chi connectivity index (χ0) is 31.6. The fourth-order valence-electron chi connectivity index (χ4n) is 5.62. The largest absolute Gasteiger partial charge is 0.364 e. The van der Waals surface area contributed by atoms with E-state index in [0.29, 0.717) is 41.0 Å². The highest BCUT2D eigenvalue weighted by molar-refractivity contribution is 7.90. The van der Waals surface area contributed by atoms with Gasteiger partial charge < -0.3 is 15.0 Å². The third-order valence-electron chi connectivity index (χ3n) is 8.38. The number of sulfone groups is 1. The van der Waals surface area contributed by atoms with Crippen LogP contribution in [0.15, 0.2) is 47.9 Å². The standard InChI is InChI=1S/C30H31N9O5S/c1-16-6-7-31-27(34-16)20-9-21(20)29(41)36-22-10-25(33-12-24(22)45(3,43)44)32-11-19-14-38-13-18(17-4-5-17)8-23(28(38)35-19)39-15-26(40)37(2)30(39)42/h6-8,10,12-14,17,20-21H,4-5,9,11,15H2,1-3H3,(H2,32,33,36,41). The molecular formula is C30H31N9O5S. The van der Waals surface area contributed by atoms with Crippen molar-refractivity contribution in [2.45, 2.75) is 49.5 Å². The van der Waals surface area contributed by atoms with Crippen LogP contribution in [0.1, 0.15) is 53.9 Å². The second kappa shape index (κ2) is 10.6. The first-order valence-electron chi connectivity index (χ1n) is 14.6. The molecular weight excluding hydrogens is 598 g/mol. The number of anilines is 3. The Morgan fingerprint density at radius 2 is 1.91 bits per heavy atom. The van der Waals surface area contributed by atoms with Gasteiger partial charge >= 0.3 is 6.03 Å². The third kappa shape index (κ3) is 5.59. The number of amides is 4. The van der Waals surface area contributed by atoms with Crippen molar-refractivity contribution >= 4 is 50.5 Å². The highest BCUT2D eigenvalue weighted by Crippen LogP contribution is 2.47. The molecule has 0 aromatic carbocycles. The van der Waals surface area contributed by atoms with E-state index in [2.05, 4.69) is 25.6 Å². The molecule has 3 aliphatic rings. The molecule has 1 saturated heterocycles. The molecule has 0 bridgehead atoms. The number of aryl methyl sites for hydroxylation is 1. The molecule has 2 saturated carbocycles. The van der Waals surface area contributed by atoms with Gasteiger partial charge in [-0.1, -0.05) is 0 Å². The number of carbonyl (C=O) groups is 3. The molecule has 5 heterocycles. The predicted molar refractivity (Wildman–Crippen MR) is 164 cm³/mol. The van der Waals surface area contributed by atoms with Crippen LogP contribution in [-0.4, -0.2) is 75.3 Å². The maximum atomic E-state index is 13.1. The van der Waals surface area contributed by atoms with E-state index in [1.54, 1.807) is 12.3 Å². The first-order chi connectivity index (χ1) is 21.5. The fourth-order valence-corrected chi connectivity index (χ4v) is 6.37. The summed E-state index contributed by atoms with van der Waals surface area (Å²) in [6.45, 7) is 2.03. The van der Waals surface area contributed by atoms with E-state index in [-0.39, 0.29) is 47.3 Å². The minimum Gasteiger partial charge on any atom is -0.364 e. The highest BCUT2D eigenvalue weighted by Gasteiger charge is 2.46. The number of rotatable bonds is 9. The quantitative estimate of drug-likeness (QED) is 0.262. The van der Waals surface area contributed by atoms with E-state index < -0.39 is 15.9 Å². The number of imidazole rings is 1. The monoisotopic (exact) mass is 629 g/mol. The van der Waals surface area contributed by atoms with Gasteiger partial charge in [-0.05, 0) is 49.8 Å². The predicted octanol–water partition coefficient (Wildman–Crippen LogP) is 2.86. The lowest BCUT2D eigenvalue weighted by Gasteiger charge is -2.17. The molecule has 1 aliphatic heterocycles. The van der Waals surface area contributed by atoms with Crippen LogP contribution in [0.5, 0.6) is 0 Å². The Kier molecular flexibility index (Phi) is 6.80. The van der Waals surface area contributed by atoms with E-state index in [1.807, 2.05) is 29.8 Å². The summed E-state index contributed by atoms with van der Waals surface area (Å²) in [4.78, 5) is 58.4. The third-order valence-corrected chi connectivity index (χ3v) is 9.50. The maximum Gasteiger partial charge on any atom is 0.331 e. The molecule has 2 aliphatic carbocycles. The number of hydrogen-bond acceptors (Lipinski definition) is 10. The van der Waals surface area contributed by atoms with Gasteiger partial charge in [-0.2, -0.15) is 0 Å². The number of urea groups is 1. The first-order valence-corrected chi connectivity index (χ1v) is 16.5. The average Bonchev–Trinajstić information content (AvgIpc) is 3.92. The number of nitrogens with one attached hydrogen (secondary N) is 2. The molecule has 7 rings (SSSR count). The molecule has 15 heteroatoms. The Morgan fingerprint density at radius 3 is 2.60 bits per heavy atom. The average molecular weight is 630 g/mol. The number of imide groups is 1. The number of pyridine rings is 2. The number of carbonyl (C=O) groups excluding carboxylic acids is 3. The summed E-state index contributed by atoms with van der Waals surface area (Å²) in [6.07, 6.45) is 10.5. The van der Waals surface area contributed by atoms with Crippen molar-refractivity contribution in [2.75, 3.05) is 35.4 Å². The van der Waals surface area contributed by atoms with Crippen LogP contribution in [0.3, 0.4) is 0 Å². The van der Waals surface area contributed by atoms with Crippen molar-refractivity contribution in [2.24, 2.45) is 5.92 Å². The molecule has 3 fully saturated rings. The lowest BCUT2D eigenvalue weighted by Crippen LogP contribution is -2.30. The van der Waals surface area contributed by atoms with Gasteiger partial charge in [-0.15, -0.1) is 0 Å². The minimum absolute atomic E-state index is 0.0513. The number of hydrogen-bond donors (Lipinski definition) is 2. The van der Waals surface area contributed by atoms with Crippen molar-refractivity contribution in [1.82, 2.24) is 29.2 Å². The van der Waals surface area contributed by atoms with Crippen LogP contribution in [0.4, 0.5) is 22.0 Å². The van der Waals surface area contributed by atoms with Crippen LogP contribution in [0.25, 0.3) is 5.65 Å². The van der Waals surface area contributed by atoms with Crippen molar-refractivity contribution in [3.8, 4) is 0 Å². The number of likely N-dealkylation sites (N-methyl/N-ethyl adjacent to an activating group) is 1. The zero-order valence-corrected chi connectivity index (χ0v) is 25.7. The Hall–Kier alpha value is -4.92. The van der Waals surface area contributed by atoms with Crippen LogP contribution >= 0.6 is 0 Å². The molecule has 4 aromatic rings. The summed E-state index contributed by atoms with van der Waals surface area (Å²) in [5.41, 5.74) is 3.76. The topological polar surface area (TPSA) is 172 Å². The fraction of sp³-hybridized carbons (Fsp3) is 0.367. The van der Waals surface area contributed by atoms with Gasteiger partial charge in [0.05, 0.1) is 29.8 Å². The first kappa shape index (κ1) is 28.8. The second-order valence-electron chi connectivity index (χ2n) is 11.9. The van der Waals surface area contributed by atoms with Gasteiger partial charge in [0.25, 0.3) is 0 Å². The van der Waals surface area contributed by atoms with E-state index >= 15 is 0 Å². The number of fused-ring (bicyclic) bond motifs is 1. The van der Waals surface area contributed by atoms with Crippen molar-refractivity contribution in [3.05, 3.63) is 65.8 Å². The van der Waals surface area contributed by atoms with Crippen LogP contribution in [0.2, 0.25) is 0 Å². The van der Waals surface area contributed by atoms with Crippen LogP contribution in [-0.2, 0) is 26.0 Å². The summed E-state index contributed by atoms with van der Waals surface area (Å²) >= 11 is 0. The highest BCUT2D eigenvalue weighted by atomic mass is 32.2. The molecule has 2 atom stereocenters. The van der Waals surface area contributed by atoms with Crippen molar-refractivity contribution in [3.63, 3.8) is 0 Å². The van der Waals surface area contributed by atoms with Gasteiger partial charge in [-0.25, -0.2) is 33.1 Å². The smallest absolute Gasteiger partial charge is 0.331 e. The molecule has 4 aromatic heterocycles. The normalized spacial score (nSPS) is 19.8. The molecule has 2 N–H and O–H groups in total. The number of nitrogens with zero attached hydrogens (tertiary/aromatic N) is 7. The van der Waals surface area contributed by atoms with Crippen LogP contribution < -0.4 is 15.5 Å². The summed E-state index contributed by atoms with van der Waals surface area (Å²) < 4.78 is 26.9. The lowest BCUT2D eigenvalue weighted by molar-refractivity contribution is -0.124. The van der Waals surface area contributed by atoms with Gasteiger partial charge in [-0.3, -0.25) is 19.4 Å². The van der Waals surface area contributed by atoms with E-state index in [1.165, 1.54) is 24.2 Å². The second-order valence-corrected chi connectivity index (χ2v) is 13.9. The lowest BCUT2D eigenvalue weighted by atomic mass is 10.1. The number of aromatic nitrogens is 5. The van der Waals surface area contributed by atoms with E-state index in [9.17, 15) is 22.8 Å². The maximum absolute atomic E-state index is 13.1. The van der Waals surface area contributed by atoms with Crippen molar-refractivity contribution < 1.29 is 22.8 Å². The Morgan fingerprint density at radius 1 is 1.11 bits per heavy atom. The zero-order valence-electron chi connectivity index (χ0n) is 24.9. The summed E-state index contributed by atoms with van der Waals surface area (Å²) in [5, 5.41) is 5.95. The Balaban J connectivity index is 1.12. The summed E-state index contributed by atoms with van der Waals surface area (Å²) in [7, 11) is -2.23. The molecule has 0 spiro atoms. The molecule has 2 unspecified atom stereocenters. The molecule has 45 heavy (non-hydrogen) atoms. The van der Waals surface area contributed by atoms with Gasteiger partial charge in [0, 0.05) is 55.5 Å². The molecule has 0 radical (unpaired) electrons.